The van der Waals surface area contributed by atoms with Gasteiger partial charge in [0.05, 0.1) is 6.61 Å². The molecule has 11 heavy (non-hydrogen) atoms. The summed E-state index contributed by atoms with van der Waals surface area (Å²) in [4.78, 5) is 10.9. The van der Waals surface area contributed by atoms with Gasteiger partial charge in [0.15, 0.2) is 0 Å². The van der Waals surface area contributed by atoms with Gasteiger partial charge < -0.3 is 10.4 Å². The Labute approximate surface area is 67.8 Å². The van der Waals surface area contributed by atoms with Gasteiger partial charge >= 0.3 is 0 Å². The highest BCUT2D eigenvalue weighted by atomic mass is 16.3. The van der Waals surface area contributed by atoms with E-state index in [4.69, 9.17) is 5.11 Å². The van der Waals surface area contributed by atoms with Crippen molar-refractivity contribution in [2.45, 2.75) is 26.7 Å². The first-order valence-electron chi connectivity index (χ1n) is 4.08. The van der Waals surface area contributed by atoms with Crippen LogP contribution in [0.4, 0.5) is 0 Å². The van der Waals surface area contributed by atoms with Gasteiger partial charge in [0.2, 0.25) is 5.91 Å². The summed E-state index contributed by atoms with van der Waals surface area (Å²) in [7, 11) is 0. The lowest BCUT2D eigenvalue weighted by Crippen LogP contribution is -2.27. The van der Waals surface area contributed by atoms with E-state index in [0.29, 0.717) is 18.9 Å². The molecular formula is C8H17NO2. The van der Waals surface area contributed by atoms with Crippen molar-refractivity contribution in [1.82, 2.24) is 5.32 Å². The third-order valence-corrected chi connectivity index (χ3v) is 1.66. The second kappa shape index (κ2) is 6.16. The molecule has 0 aromatic heterocycles. The maximum absolute atomic E-state index is 10.9. The van der Waals surface area contributed by atoms with E-state index < -0.39 is 0 Å². The first-order chi connectivity index (χ1) is 5.20. The van der Waals surface area contributed by atoms with Crippen molar-refractivity contribution in [1.29, 1.82) is 0 Å². The average molecular weight is 159 g/mol. The summed E-state index contributed by atoms with van der Waals surface area (Å²) in [5.74, 6) is 0.474. The van der Waals surface area contributed by atoms with Crippen LogP contribution in [0.5, 0.6) is 0 Å². The summed E-state index contributed by atoms with van der Waals surface area (Å²) >= 11 is 0. The molecule has 0 unspecified atom stereocenters. The van der Waals surface area contributed by atoms with E-state index in [0.717, 1.165) is 6.42 Å². The molecule has 0 aliphatic heterocycles. The number of rotatable bonds is 5. The van der Waals surface area contributed by atoms with E-state index in [9.17, 15) is 4.79 Å². The predicted octanol–water partition coefficient (Wildman–Crippen LogP) is 0.531. The Morgan fingerprint density at radius 3 is 2.73 bits per heavy atom. The molecule has 0 rings (SSSR count). The number of nitrogens with one attached hydrogen (secondary N) is 1. The molecule has 66 valence electrons. The van der Waals surface area contributed by atoms with Crippen LogP contribution < -0.4 is 5.32 Å². The quantitative estimate of drug-likeness (QED) is 0.614. The molecule has 2 N–H and O–H groups in total. The van der Waals surface area contributed by atoms with Gasteiger partial charge in [-0.05, 0) is 5.92 Å². The zero-order chi connectivity index (χ0) is 8.69. The van der Waals surface area contributed by atoms with Crippen molar-refractivity contribution in [3.8, 4) is 0 Å². The minimum Gasteiger partial charge on any atom is -0.395 e. The predicted molar refractivity (Wildman–Crippen MR) is 44.2 cm³/mol. The Hall–Kier alpha value is -0.570. The van der Waals surface area contributed by atoms with E-state index >= 15 is 0 Å². The highest BCUT2D eigenvalue weighted by molar-refractivity contribution is 5.76. The summed E-state index contributed by atoms with van der Waals surface area (Å²) in [5, 5.41) is 11.0. The monoisotopic (exact) mass is 159 g/mol. The number of aliphatic hydroxyl groups excluding tert-OH is 1. The van der Waals surface area contributed by atoms with Crippen LogP contribution in [0.15, 0.2) is 0 Å². The summed E-state index contributed by atoms with van der Waals surface area (Å²) in [6, 6.07) is 0. The summed E-state index contributed by atoms with van der Waals surface area (Å²) in [5.41, 5.74) is 0. The Balaban J connectivity index is 3.36. The molecule has 0 bridgehead atoms. The standard InChI is InChI=1S/C8H17NO2/c1-3-7(2)6-8(11)9-4-5-10/h7,10H,3-6H2,1-2H3,(H,9,11)/t7-/m1/s1. The normalized spacial score (nSPS) is 12.6. The topological polar surface area (TPSA) is 49.3 Å². The van der Waals surface area contributed by atoms with Crippen LogP contribution in [-0.2, 0) is 4.79 Å². The highest BCUT2D eigenvalue weighted by Crippen LogP contribution is 2.04. The summed E-state index contributed by atoms with van der Waals surface area (Å²) in [6.45, 7) is 4.49. The summed E-state index contributed by atoms with van der Waals surface area (Å²) < 4.78 is 0. The highest BCUT2D eigenvalue weighted by Gasteiger charge is 2.05. The Bertz CT molecular complexity index is 115. The van der Waals surface area contributed by atoms with Gasteiger partial charge in [-0.3, -0.25) is 4.79 Å². The van der Waals surface area contributed by atoms with Crippen LogP contribution in [0.25, 0.3) is 0 Å². The average Bonchev–Trinajstić information content (AvgIpc) is 2.00. The van der Waals surface area contributed by atoms with E-state index in [1.165, 1.54) is 0 Å². The lowest BCUT2D eigenvalue weighted by molar-refractivity contribution is -0.122. The van der Waals surface area contributed by atoms with Crippen LogP contribution in [0, 0.1) is 5.92 Å². The third-order valence-electron chi connectivity index (χ3n) is 1.66. The second-order valence-corrected chi connectivity index (χ2v) is 2.79. The molecule has 0 spiro atoms. The number of hydrogen-bond donors (Lipinski definition) is 2. The molecule has 0 aromatic carbocycles. The molecule has 0 aliphatic rings. The van der Waals surface area contributed by atoms with E-state index in [-0.39, 0.29) is 12.5 Å². The molecule has 0 saturated heterocycles. The fraction of sp³-hybridized carbons (Fsp3) is 0.875. The number of aliphatic hydroxyl groups is 1. The summed E-state index contributed by atoms with van der Waals surface area (Å²) in [6.07, 6.45) is 1.59. The molecule has 0 heterocycles. The second-order valence-electron chi connectivity index (χ2n) is 2.79. The fourth-order valence-electron chi connectivity index (χ4n) is 0.728. The van der Waals surface area contributed by atoms with Crippen LogP contribution >= 0.6 is 0 Å². The van der Waals surface area contributed by atoms with Crippen LogP contribution in [0.2, 0.25) is 0 Å². The van der Waals surface area contributed by atoms with Crippen LogP contribution in [0.3, 0.4) is 0 Å². The van der Waals surface area contributed by atoms with E-state index in [1.54, 1.807) is 0 Å². The van der Waals surface area contributed by atoms with E-state index in [2.05, 4.69) is 12.2 Å². The Morgan fingerprint density at radius 1 is 1.64 bits per heavy atom. The lowest BCUT2D eigenvalue weighted by Gasteiger charge is -2.07. The van der Waals surface area contributed by atoms with Crippen LogP contribution in [0.1, 0.15) is 26.7 Å². The molecule has 0 fully saturated rings. The van der Waals surface area contributed by atoms with Crippen molar-refractivity contribution in [3.05, 3.63) is 0 Å². The first kappa shape index (κ1) is 10.4. The zero-order valence-corrected chi connectivity index (χ0v) is 7.26. The molecule has 0 saturated carbocycles. The van der Waals surface area contributed by atoms with Crippen molar-refractivity contribution in [2.24, 2.45) is 5.92 Å². The zero-order valence-electron chi connectivity index (χ0n) is 7.26. The van der Waals surface area contributed by atoms with Gasteiger partial charge in [0.1, 0.15) is 0 Å². The molecule has 1 amide bonds. The molecule has 3 heteroatoms. The van der Waals surface area contributed by atoms with Gasteiger partial charge in [-0.2, -0.15) is 0 Å². The number of hydrogen-bond acceptors (Lipinski definition) is 2. The molecule has 0 radical (unpaired) electrons. The van der Waals surface area contributed by atoms with E-state index in [1.807, 2.05) is 6.92 Å². The molecule has 0 aromatic rings. The third kappa shape index (κ3) is 5.85. The fourth-order valence-corrected chi connectivity index (χ4v) is 0.728. The van der Waals surface area contributed by atoms with Gasteiger partial charge in [0.25, 0.3) is 0 Å². The number of amides is 1. The Kier molecular flexibility index (Phi) is 5.84. The number of carbonyl (C=O) groups is 1. The molecule has 3 nitrogen and oxygen atoms in total. The molecule has 1 atom stereocenters. The first-order valence-corrected chi connectivity index (χ1v) is 4.08. The minimum absolute atomic E-state index is 0.0201. The van der Waals surface area contributed by atoms with Gasteiger partial charge in [-0.15, -0.1) is 0 Å². The van der Waals surface area contributed by atoms with Crippen LogP contribution in [-0.4, -0.2) is 24.2 Å². The van der Waals surface area contributed by atoms with Crippen molar-refractivity contribution >= 4 is 5.91 Å². The smallest absolute Gasteiger partial charge is 0.220 e. The van der Waals surface area contributed by atoms with Crippen molar-refractivity contribution < 1.29 is 9.90 Å². The number of carbonyl (C=O) groups excluding carboxylic acids is 1. The molecule has 0 aliphatic carbocycles. The Morgan fingerprint density at radius 2 is 2.27 bits per heavy atom. The minimum atomic E-state index is 0.0201. The maximum atomic E-state index is 10.9. The van der Waals surface area contributed by atoms with Crippen molar-refractivity contribution in [2.75, 3.05) is 13.2 Å². The van der Waals surface area contributed by atoms with Gasteiger partial charge in [-0.25, -0.2) is 0 Å². The SMILES string of the molecule is CC[C@@H](C)CC(=O)NCCO. The van der Waals surface area contributed by atoms with Gasteiger partial charge in [-0.1, -0.05) is 20.3 Å². The maximum Gasteiger partial charge on any atom is 0.220 e. The van der Waals surface area contributed by atoms with Crippen molar-refractivity contribution in [3.63, 3.8) is 0 Å². The lowest BCUT2D eigenvalue weighted by atomic mass is 10.1. The van der Waals surface area contributed by atoms with Gasteiger partial charge in [0, 0.05) is 13.0 Å². The molecular weight excluding hydrogens is 142 g/mol. The largest absolute Gasteiger partial charge is 0.395 e.